The molecule has 0 unspecified atom stereocenters. The summed E-state index contributed by atoms with van der Waals surface area (Å²) in [5, 5.41) is 5.57. The van der Waals surface area contributed by atoms with Gasteiger partial charge in [0.15, 0.2) is 0 Å². The number of hydrogen-bond acceptors (Lipinski definition) is 8. The zero-order chi connectivity index (χ0) is 22.9. The highest BCUT2D eigenvalue weighted by molar-refractivity contribution is 5.96. The van der Waals surface area contributed by atoms with Crippen LogP contribution < -0.4 is 5.01 Å². The van der Waals surface area contributed by atoms with Gasteiger partial charge in [-0.1, -0.05) is 12.1 Å². The first-order valence-electron chi connectivity index (χ1n) is 12.2. The van der Waals surface area contributed by atoms with Gasteiger partial charge in [-0.3, -0.25) is 15.0 Å². The maximum Gasteiger partial charge on any atom is 0.132 e. The maximum absolute atomic E-state index is 5.56. The first-order chi connectivity index (χ1) is 16.8. The molecule has 0 radical (unpaired) electrons. The minimum absolute atomic E-state index is 0.366. The third kappa shape index (κ3) is 4.06. The van der Waals surface area contributed by atoms with Gasteiger partial charge in [0.1, 0.15) is 12.5 Å². The Morgan fingerprint density at radius 1 is 1.03 bits per heavy atom. The minimum atomic E-state index is 0.366. The molecule has 8 nitrogen and oxygen atoms in total. The number of hydrogen-bond donors (Lipinski definition) is 0. The van der Waals surface area contributed by atoms with Crippen molar-refractivity contribution in [2.75, 3.05) is 45.1 Å². The molecule has 1 aliphatic carbocycles. The van der Waals surface area contributed by atoms with Crippen molar-refractivity contribution in [3.8, 4) is 11.1 Å². The Morgan fingerprint density at radius 3 is 2.71 bits per heavy atom. The zero-order valence-electron chi connectivity index (χ0n) is 19.6. The van der Waals surface area contributed by atoms with Crippen LogP contribution in [-0.2, 0) is 9.47 Å². The number of aromatic nitrogens is 3. The molecule has 0 amide bonds. The molecular formula is C26H30N6O2. The summed E-state index contributed by atoms with van der Waals surface area (Å²) >= 11 is 0. The lowest BCUT2D eigenvalue weighted by Crippen LogP contribution is -2.50. The van der Waals surface area contributed by atoms with E-state index < -0.39 is 0 Å². The second-order valence-corrected chi connectivity index (χ2v) is 9.25. The Bertz CT molecular complexity index is 1200. The topological polar surface area (TPSA) is 76.0 Å². The van der Waals surface area contributed by atoms with E-state index in [9.17, 15) is 0 Å². The van der Waals surface area contributed by atoms with Crippen molar-refractivity contribution in [2.45, 2.75) is 37.7 Å². The van der Waals surface area contributed by atoms with Gasteiger partial charge in [-0.15, -0.1) is 0 Å². The Morgan fingerprint density at radius 2 is 1.88 bits per heavy atom. The van der Waals surface area contributed by atoms with Crippen LogP contribution in [0.1, 0.15) is 43.0 Å². The quantitative estimate of drug-likeness (QED) is 0.588. The predicted molar refractivity (Wildman–Crippen MR) is 132 cm³/mol. The van der Waals surface area contributed by atoms with Crippen LogP contribution in [0.15, 0.2) is 41.8 Å². The van der Waals surface area contributed by atoms with Crippen molar-refractivity contribution >= 4 is 22.8 Å². The number of rotatable bonds is 4. The van der Waals surface area contributed by atoms with Gasteiger partial charge in [0.2, 0.25) is 0 Å². The summed E-state index contributed by atoms with van der Waals surface area (Å²) in [4.78, 5) is 18.9. The van der Waals surface area contributed by atoms with Crippen molar-refractivity contribution in [3.05, 3.63) is 48.2 Å². The van der Waals surface area contributed by atoms with Crippen molar-refractivity contribution in [1.29, 1.82) is 0 Å². The van der Waals surface area contributed by atoms with E-state index in [1.54, 1.807) is 7.11 Å². The maximum atomic E-state index is 5.56. The number of hydrazine groups is 1. The lowest BCUT2D eigenvalue weighted by molar-refractivity contribution is 0.0318. The molecule has 3 aromatic rings. The van der Waals surface area contributed by atoms with E-state index in [1.165, 1.54) is 5.69 Å². The molecule has 6 rings (SSSR count). The highest BCUT2D eigenvalue weighted by Crippen LogP contribution is 2.36. The molecule has 1 saturated heterocycles. The number of fused-ring (bicyclic) bond motifs is 2. The fraction of sp³-hybridized carbons (Fsp3) is 0.462. The smallest absolute Gasteiger partial charge is 0.132 e. The molecule has 3 aliphatic rings. The molecular weight excluding hydrogens is 428 g/mol. The highest BCUT2D eigenvalue weighted by atomic mass is 16.5. The van der Waals surface area contributed by atoms with Gasteiger partial charge >= 0.3 is 0 Å². The van der Waals surface area contributed by atoms with Crippen LogP contribution in [-0.4, -0.2) is 72.4 Å². The van der Waals surface area contributed by atoms with Crippen molar-refractivity contribution in [3.63, 3.8) is 0 Å². The fourth-order valence-corrected chi connectivity index (χ4v) is 5.31. The van der Waals surface area contributed by atoms with E-state index >= 15 is 0 Å². The van der Waals surface area contributed by atoms with E-state index in [1.807, 2.05) is 24.8 Å². The summed E-state index contributed by atoms with van der Waals surface area (Å²) in [5.74, 6) is 1.32. The average Bonchev–Trinajstić information content (AvgIpc) is 2.92. The van der Waals surface area contributed by atoms with Crippen LogP contribution in [0.5, 0.6) is 0 Å². The normalized spacial score (nSPS) is 23.3. The van der Waals surface area contributed by atoms with Gasteiger partial charge in [-0.2, -0.15) is 0 Å². The SMILES string of the molecule is COC1CCC(c2ncc3cncc(-c4ccc5c(c4)N(N4CCOCC4)CN=C5)c3n2)CC1. The first kappa shape index (κ1) is 21.6. The van der Waals surface area contributed by atoms with Gasteiger partial charge in [0, 0.05) is 67.4 Å². The number of benzene rings is 1. The van der Waals surface area contributed by atoms with E-state index in [4.69, 9.17) is 19.4 Å². The van der Waals surface area contributed by atoms with Gasteiger partial charge < -0.3 is 9.47 Å². The Balaban J connectivity index is 1.37. The van der Waals surface area contributed by atoms with Gasteiger partial charge in [-0.05, 0) is 37.3 Å². The third-order valence-corrected chi connectivity index (χ3v) is 7.28. The lowest BCUT2D eigenvalue weighted by atomic mass is 9.86. The van der Waals surface area contributed by atoms with Crippen molar-refractivity contribution < 1.29 is 9.47 Å². The molecule has 2 aliphatic heterocycles. The second-order valence-electron chi connectivity index (χ2n) is 9.25. The molecule has 0 spiro atoms. The zero-order valence-corrected chi connectivity index (χ0v) is 19.6. The molecule has 2 aromatic heterocycles. The molecule has 176 valence electrons. The average molecular weight is 459 g/mol. The Hall–Kier alpha value is -2.94. The van der Waals surface area contributed by atoms with Crippen molar-refractivity contribution in [2.24, 2.45) is 4.99 Å². The molecule has 0 bridgehead atoms. The van der Waals surface area contributed by atoms with Crippen LogP contribution in [0.4, 0.5) is 5.69 Å². The van der Waals surface area contributed by atoms with E-state index in [2.05, 4.69) is 38.2 Å². The predicted octanol–water partition coefficient (Wildman–Crippen LogP) is 3.81. The third-order valence-electron chi connectivity index (χ3n) is 7.28. The molecule has 2 fully saturated rings. The molecule has 0 N–H and O–H groups in total. The largest absolute Gasteiger partial charge is 0.381 e. The van der Waals surface area contributed by atoms with Gasteiger partial charge in [-0.25, -0.2) is 15.0 Å². The Kier molecular flexibility index (Phi) is 5.95. The molecule has 1 saturated carbocycles. The summed E-state index contributed by atoms with van der Waals surface area (Å²) in [6.07, 6.45) is 12.3. The van der Waals surface area contributed by atoms with Gasteiger partial charge in [0.05, 0.1) is 30.5 Å². The van der Waals surface area contributed by atoms with Crippen LogP contribution >= 0.6 is 0 Å². The number of morpholine rings is 1. The van der Waals surface area contributed by atoms with Crippen LogP contribution in [0, 0.1) is 0 Å². The molecule has 8 heteroatoms. The number of pyridine rings is 1. The number of nitrogens with zero attached hydrogens (tertiary/aromatic N) is 6. The summed E-state index contributed by atoms with van der Waals surface area (Å²) in [6.45, 7) is 3.86. The fourth-order valence-electron chi connectivity index (χ4n) is 5.31. The summed E-state index contributed by atoms with van der Waals surface area (Å²) in [7, 11) is 1.81. The standard InChI is InChI=1S/C26H30N6O2/c1-33-22-6-4-18(5-7-22)26-29-15-21-14-27-16-23(25(21)30-26)19-2-3-20-13-28-17-32(24(20)12-19)31-8-10-34-11-9-31/h2-3,12-16,18,22H,4-11,17H2,1H3. The summed E-state index contributed by atoms with van der Waals surface area (Å²) in [5.41, 5.74) is 5.41. The monoisotopic (exact) mass is 458 g/mol. The molecule has 4 heterocycles. The van der Waals surface area contributed by atoms with E-state index in [0.717, 1.165) is 85.4 Å². The van der Waals surface area contributed by atoms with Gasteiger partial charge in [0.25, 0.3) is 0 Å². The highest BCUT2D eigenvalue weighted by Gasteiger charge is 2.26. The molecule has 1 aromatic carbocycles. The minimum Gasteiger partial charge on any atom is -0.381 e. The van der Waals surface area contributed by atoms with Crippen LogP contribution in [0.3, 0.4) is 0 Å². The molecule has 34 heavy (non-hydrogen) atoms. The Labute approximate surface area is 199 Å². The summed E-state index contributed by atoms with van der Waals surface area (Å²) < 4.78 is 11.1. The van der Waals surface area contributed by atoms with Crippen LogP contribution in [0.25, 0.3) is 22.0 Å². The van der Waals surface area contributed by atoms with Crippen LogP contribution in [0.2, 0.25) is 0 Å². The van der Waals surface area contributed by atoms with E-state index in [0.29, 0.717) is 18.7 Å². The lowest BCUT2D eigenvalue weighted by Gasteiger charge is -2.39. The second kappa shape index (κ2) is 9.37. The number of ether oxygens (including phenoxy) is 2. The number of methoxy groups -OCH3 is 1. The summed E-state index contributed by atoms with van der Waals surface area (Å²) in [6, 6.07) is 6.54. The number of anilines is 1. The molecule has 0 atom stereocenters. The number of aliphatic imine (C=N–C) groups is 1. The van der Waals surface area contributed by atoms with E-state index in [-0.39, 0.29) is 0 Å². The first-order valence-corrected chi connectivity index (χ1v) is 12.2. The van der Waals surface area contributed by atoms with Crippen molar-refractivity contribution in [1.82, 2.24) is 20.0 Å².